The fraction of sp³-hybridized carbons (Fsp3) is 0.235. The number of amides is 1. The third-order valence-corrected chi connectivity index (χ3v) is 3.89. The van der Waals surface area contributed by atoms with Gasteiger partial charge in [0.15, 0.2) is 18.1 Å². The van der Waals surface area contributed by atoms with Crippen LogP contribution in [-0.4, -0.2) is 30.9 Å². The lowest BCUT2D eigenvalue weighted by Gasteiger charge is -2.11. The molecule has 9 heteroatoms. The average Bonchev–Trinajstić information content (AvgIpc) is 2.60. The number of alkyl halides is 3. The number of phenols is 1. The molecule has 0 saturated heterocycles. The number of hydrogen-bond donors (Lipinski definition) is 2. The molecule has 2 aromatic carbocycles. The van der Waals surface area contributed by atoms with Crippen LogP contribution in [0.15, 0.2) is 40.9 Å². The highest BCUT2D eigenvalue weighted by atomic mass is 79.9. The van der Waals surface area contributed by atoms with Crippen molar-refractivity contribution in [3.63, 3.8) is 0 Å². The zero-order valence-electron chi connectivity index (χ0n) is 13.6. The minimum absolute atomic E-state index is 0.0876. The summed E-state index contributed by atoms with van der Waals surface area (Å²) in [6.45, 7) is -1.19. The van der Waals surface area contributed by atoms with Gasteiger partial charge in [-0.05, 0) is 45.8 Å². The van der Waals surface area contributed by atoms with Crippen LogP contribution >= 0.6 is 15.9 Å². The zero-order chi connectivity index (χ0) is 19.3. The Bertz CT molecular complexity index is 779. The summed E-state index contributed by atoms with van der Waals surface area (Å²) in [7, 11) is 1.37. The molecule has 2 rings (SSSR count). The maximum Gasteiger partial charge on any atom is 0.422 e. The smallest absolute Gasteiger partial charge is 0.422 e. The van der Waals surface area contributed by atoms with Gasteiger partial charge in [-0.3, -0.25) is 4.79 Å². The number of carbonyl (C=O) groups excluding carboxylic acids is 1. The molecule has 0 fully saturated rings. The summed E-state index contributed by atoms with van der Waals surface area (Å²) >= 11 is 3.13. The van der Waals surface area contributed by atoms with Crippen molar-refractivity contribution in [2.45, 2.75) is 12.7 Å². The second-order valence-corrected chi connectivity index (χ2v) is 6.09. The lowest BCUT2D eigenvalue weighted by atomic mass is 10.1. The van der Waals surface area contributed by atoms with Crippen molar-refractivity contribution in [2.24, 2.45) is 0 Å². The highest BCUT2D eigenvalue weighted by Crippen LogP contribution is 2.35. The van der Waals surface area contributed by atoms with E-state index in [9.17, 15) is 23.1 Å². The van der Waals surface area contributed by atoms with E-state index >= 15 is 0 Å². The molecule has 2 N–H and O–H groups in total. The number of ether oxygens (including phenoxy) is 2. The number of methoxy groups -OCH3 is 1. The predicted octanol–water partition coefficient (Wildman–Crippen LogP) is 4.03. The molecule has 0 aromatic heterocycles. The van der Waals surface area contributed by atoms with Crippen LogP contribution < -0.4 is 14.8 Å². The minimum Gasteiger partial charge on any atom is -0.503 e. The van der Waals surface area contributed by atoms with Crippen molar-refractivity contribution >= 4 is 21.8 Å². The van der Waals surface area contributed by atoms with Gasteiger partial charge in [0.05, 0.1) is 11.6 Å². The fourth-order valence-corrected chi connectivity index (χ4v) is 2.46. The first-order chi connectivity index (χ1) is 12.2. The van der Waals surface area contributed by atoms with Gasteiger partial charge >= 0.3 is 6.18 Å². The van der Waals surface area contributed by atoms with E-state index in [0.29, 0.717) is 10.0 Å². The van der Waals surface area contributed by atoms with E-state index in [4.69, 9.17) is 4.74 Å². The van der Waals surface area contributed by atoms with E-state index in [0.717, 1.165) is 0 Å². The lowest BCUT2D eigenvalue weighted by molar-refractivity contribution is -0.153. The molecule has 0 unspecified atom stereocenters. The van der Waals surface area contributed by atoms with E-state index in [1.807, 2.05) is 0 Å². The number of hydrogen-bond acceptors (Lipinski definition) is 4. The molecular formula is C17H15BrF3NO4. The topological polar surface area (TPSA) is 67.8 Å². The summed E-state index contributed by atoms with van der Waals surface area (Å²) in [6, 6.07) is 8.74. The fourth-order valence-electron chi connectivity index (χ4n) is 2.01. The summed E-state index contributed by atoms with van der Waals surface area (Å²) in [4.78, 5) is 12.2. The van der Waals surface area contributed by atoms with Crippen molar-refractivity contribution in [3.05, 3.63) is 52.0 Å². The molecule has 0 aliphatic heterocycles. The monoisotopic (exact) mass is 433 g/mol. The Morgan fingerprint density at radius 2 is 1.88 bits per heavy atom. The number of halogens is 4. The van der Waals surface area contributed by atoms with Crippen LogP contribution in [0.25, 0.3) is 0 Å². The van der Waals surface area contributed by atoms with Gasteiger partial charge in [0.1, 0.15) is 5.75 Å². The molecule has 2 aromatic rings. The third kappa shape index (κ3) is 5.55. The van der Waals surface area contributed by atoms with Crippen molar-refractivity contribution in [3.8, 4) is 17.2 Å². The molecule has 0 saturated carbocycles. The van der Waals surface area contributed by atoms with Crippen LogP contribution in [0.3, 0.4) is 0 Å². The first kappa shape index (κ1) is 19.9. The van der Waals surface area contributed by atoms with Gasteiger partial charge in [0, 0.05) is 12.1 Å². The molecule has 0 heterocycles. The van der Waals surface area contributed by atoms with E-state index in [1.165, 1.54) is 31.4 Å². The molecule has 0 aliphatic carbocycles. The SMILES string of the molecule is COc1cc(C(=O)NCc2ccc(OCC(F)(F)F)cc2)cc(Br)c1O. The number of carbonyl (C=O) groups is 1. The van der Waals surface area contributed by atoms with Crippen LogP contribution in [0.5, 0.6) is 17.2 Å². The maximum absolute atomic E-state index is 12.2. The molecule has 140 valence electrons. The maximum atomic E-state index is 12.2. The molecule has 0 atom stereocenters. The van der Waals surface area contributed by atoms with Crippen molar-refractivity contribution < 1.29 is 32.5 Å². The number of benzene rings is 2. The molecular weight excluding hydrogens is 419 g/mol. The number of rotatable bonds is 6. The molecule has 26 heavy (non-hydrogen) atoms. The molecule has 1 amide bonds. The number of nitrogens with one attached hydrogen (secondary N) is 1. The first-order valence-electron chi connectivity index (χ1n) is 7.33. The predicted molar refractivity (Wildman–Crippen MR) is 91.5 cm³/mol. The molecule has 5 nitrogen and oxygen atoms in total. The highest BCUT2D eigenvalue weighted by molar-refractivity contribution is 9.10. The van der Waals surface area contributed by atoms with Gasteiger partial charge in [-0.15, -0.1) is 0 Å². The molecule has 0 spiro atoms. The van der Waals surface area contributed by atoms with Gasteiger partial charge < -0.3 is 19.9 Å². The number of aromatic hydroxyl groups is 1. The second-order valence-electron chi connectivity index (χ2n) is 5.24. The first-order valence-corrected chi connectivity index (χ1v) is 8.12. The van der Waals surface area contributed by atoms with Crippen LogP contribution in [0, 0.1) is 0 Å². The van der Waals surface area contributed by atoms with Crippen LogP contribution in [0.1, 0.15) is 15.9 Å². The van der Waals surface area contributed by atoms with E-state index < -0.39 is 18.7 Å². The summed E-state index contributed by atoms with van der Waals surface area (Å²) < 4.78 is 46.2. The van der Waals surface area contributed by atoms with Gasteiger partial charge in [-0.25, -0.2) is 0 Å². The zero-order valence-corrected chi connectivity index (χ0v) is 15.1. The summed E-state index contributed by atoms with van der Waals surface area (Å²) in [5, 5.41) is 12.4. The Morgan fingerprint density at radius 1 is 1.23 bits per heavy atom. The summed E-state index contributed by atoms with van der Waals surface area (Å²) in [5.74, 6) is -0.278. The van der Waals surface area contributed by atoms with Crippen LogP contribution in [0.2, 0.25) is 0 Å². The van der Waals surface area contributed by atoms with E-state index in [1.54, 1.807) is 12.1 Å². The molecule has 0 bridgehead atoms. The van der Waals surface area contributed by atoms with Crippen molar-refractivity contribution in [1.29, 1.82) is 0 Å². The Kier molecular flexibility index (Phi) is 6.36. The van der Waals surface area contributed by atoms with Crippen molar-refractivity contribution in [2.75, 3.05) is 13.7 Å². The Hall–Kier alpha value is -2.42. The Labute approximate surface area is 155 Å². The van der Waals surface area contributed by atoms with Crippen LogP contribution in [0.4, 0.5) is 13.2 Å². The number of phenolic OH excluding ortho intramolecular Hbond substituents is 1. The lowest BCUT2D eigenvalue weighted by Crippen LogP contribution is -2.23. The average molecular weight is 434 g/mol. The van der Waals surface area contributed by atoms with Crippen molar-refractivity contribution in [1.82, 2.24) is 5.32 Å². The van der Waals surface area contributed by atoms with Gasteiger partial charge in [-0.1, -0.05) is 12.1 Å². The van der Waals surface area contributed by atoms with Gasteiger partial charge in [0.2, 0.25) is 0 Å². The molecule has 0 radical (unpaired) electrons. The second kappa shape index (κ2) is 8.31. The quantitative estimate of drug-likeness (QED) is 0.721. The van der Waals surface area contributed by atoms with E-state index in [2.05, 4.69) is 26.0 Å². The summed E-state index contributed by atoms with van der Waals surface area (Å²) in [5.41, 5.74) is 0.958. The summed E-state index contributed by atoms with van der Waals surface area (Å²) in [6.07, 6.45) is -4.40. The van der Waals surface area contributed by atoms with Crippen LogP contribution in [-0.2, 0) is 6.54 Å². The van der Waals surface area contributed by atoms with Gasteiger partial charge in [0.25, 0.3) is 5.91 Å². The Morgan fingerprint density at radius 3 is 2.46 bits per heavy atom. The molecule has 0 aliphatic rings. The highest BCUT2D eigenvalue weighted by Gasteiger charge is 2.28. The van der Waals surface area contributed by atoms with Gasteiger partial charge in [-0.2, -0.15) is 13.2 Å². The van der Waals surface area contributed by atoms with E-state index in [-0.39, 0.29) is 29.4 Å². The third-order valence-electron chi connectivity index (χ3n) is 3.29. The Balaban J connectivity index is 1.96. The minimum atomic E-state index is -4.40. The normalized spacial score (nSPS) is 11.1. The largest absolute Gasteiger partial charge is 0.503 e. The standard InChI is InChI=1S/C17H15BrF3NO4/c1-25-14-7-11(6-13(18)15(14)23)16(24)22-8-10-2-4-12(5-3-10)26-9-17(19,20)21/h2-7,23H,8-9H2,1H3,(H,22,24).